The minimum absolute atomic E-state index is 0. The van der Waals surface area contributed by atoms with Gasteiger partial charge in [0, 0.05) is 27.6 Å². The Morgan fingerprint density at radius 1 is 0.511 bits per heavy atom. The Balaban J connectivity index is 0. The lowest BCUT2D eigenvalue weighted by Gasteiger charge is -2.04. The maximum absolute atomic E-state index is 13.1. The average molecular weight is 1220 g/mol. The number of benzene rings is 5. The van der Waals surface area contributed by atoms with Gasteiger partial charge in [0.15, 0.2) is 28.9 Å². The Hall–Kier alpha value is -10.2. The van der Waals surface area contributed by atoms with Gasteiger partial charge in [0.2, 0.25) is 0 Å². The van der Waals surface area contributed by atoms with Gasteiger partial charge in [-0.15, -0.1) is 30.7 Å². The average Bonchev–Trinajstić information content (AvgIpc) is 2.21. The summed E-state index contributed by atoms with van der Waals surface area (Å²) in [5, 5.41) is 10.1. The van der Waals surface area contributed by atoms with E-state index in [4.69, 9.17) is 9.15 Å². The van der Waals surface area contributed by atoms with Crippen LogP contribution in [0.4, 0.5) is 22.4 Å². The van der Waals surface area contributed by atoms with Crippen LogP contribution in [0.3, 0.4) is 0 Å². The molecule has 0 saturated heterocycles. The number of fused-ring (bicyclic) bond motifs is 1. The Morgan fingerprint density at radius 2 is 0.898 bits per heavy atom. The van der Waals surface area contributed by atoms with Gasteiger partial charge < -0.3 is 33.2 Å². The van der Waals surface area contributed by atoms with Gasteiger partial charge in [0.05, 0.1) is 33.0 Å². The van der Waals surface area contributed by atoms with E-state index in [1.165, 1.54) is 140 Å². The number of carbonyl (C=O) groups excluding carboxylic acids is 9. The maximum Gasteiger partial charge on any atom is 0.508 e. The third-order valence-corrected chi connectivity index (χ3v) is 10.3. The summed E-state index contributed by atoms with van der Waals surface area (Å²) in [5.74, 6) is -3.91. The SMILES string of the molecule is C.C.C.C=C1C=CC=C[CH-]1.CC(=O)c1ccc(F)cc1.CCOC(=O)CC(=O)c1ccc(F)cc1.CCOC(=O)CC(=O)c1ccc(F)cc1.CCOC(=O)OCC.CCOC(=O)c1c(-c2ccc(F)cc2)oc2ccc(O)cc12.O=C1C=CC(=O)C=C1. The van der Waals surface area contributed by atoms with Crippen LogP contribution >= 0.6 is 0 Å². The quantitative estimate of drug-likeness (QED) is 0.0203. The van der Waals surface area contributed by atoms with Crippen LogP contribution in [0.2, 0.25) is 0 Å². The molecule has 1 N–H and O–H groups in total. The molecule has 0 saturated carbocycles. The number of carbonyl (C=O) groups is 9. The van der Waals surface area contributed by atoms with Gasteiger partial charge >= 0.3 is 24.1 Å². The van der Waals surface area contributed by atoms with E-state index in [0.717, 1.165) is 5.57 Å². The molecule has 2 aliphatic rings. The number of halogens is 4. The van der Waals surface area contributed by atoms with Crippen molar-refractivity contribution in [2.75, 3.05) is 33.0 Å². The largest absolute Gasteiger partial charge is 0.508 e. The number of furan rings is 1. The second kappa shape index (κ2) is 44.3. The summed E-state index contributed by atoms with van der Waals surface area (Å²) in [6.07, 6.45) is 13.7. The maximum atomic E-state index is 13.1. The minimum atomic E-state index is -0.588. The van der Waals surface area contributed by atoms with Gasteiger partial charge in [-0.3, -0.25) is 33.6 Å². The molecule has 0 fully saturated rings. The van der Waals surface area contributed by atoms with Crippen molar-refractivity contribution in [1.82, 2.24) is 0 Å². The fourth-order valence-corrected chi connectivity index (χ4v) is 6.34. The molecule has 5 aromatic carbocycles. The van der Waals surface area contributed by atoms with Gasteiger partial charge in [0.1, 0.15) is 58.8 Å². The molecule has 0 bridgehead atoms. The lowest BCUT2D eigenvalue weighted by Crippen LogP contribution is -2.11. The number of phenolic OH excluding ortho intramolecular Hbond substituents is 1. The normalized spacial score (nSPS) is 10.8. The third-order valence-electron chi connectivity index (χ3n) is 10.3. The zero-order valence-corrected chi connectivity index (χ0v) is 47.4. The number of phenols is 1. The summed E-state index contributed by atoms with van der Waals surface area (Å²) < 4.78 is 79.3. The Labute approximate surface area is 510 Å². The van der Waals surface area contributed by atoms with Crippen molar-refractivity contribution < 1.29 is 93.9 Å². The predicted molar refractivity (Wildman–Crippen MR) is 328 cm³/mol. The Morgan fingerprint density at radius 3 is 1.24 bits per heavy atom. The number of hydrogen-bond donors (Lipinski definition) is 1. The lowest BCUT2D eigenvalue weighted by atomic mass is 10.1. The van der Waals surface area contributed by atoms with Crippen LogP contribution in [0, 0.1) is 29.7 Å². The van der Waals surface area contributed by atoms with Gasteiger partial charge in [-0.2, -0.15) is 12.2 Å². The van der Waals surface area contributed by atoms with Crippen LogP contribution in [0.5, 0.6) is 5.75 Å². The first kappa shape index (κ1) is 79.8. The van der Waals surface area contributed by atoms with E-state index in [2.05, 4.69) is 25.5 Å². The van der Waals surface area contributed by atoms with E-state index in [1.54, 1.807) is 40.7 Å². The highest BCUT2D eigenvalue weighted by Gasteiger charge is 2.24. The van der Waals surface area contributed by atoms with E-state index in [-0.39, 0.29) is 107 Å². The molecule has 88 heavy (non-hydrogen) atoms. The molecule has 20 heteroatoms. The topological polar surface area (TPSA) is 233 Å². The highest BCUT2D eigenvalue weighted by Crippen LogP contribution is 2.36. The zero-order valence-electron chi connectivity index (χ0n) is 47.4. The highest BCUT2D eigenvalue weighted by atomic mass is 19.1. The number of hydrogen-bond acceptors (Lipinski definition) is 16. The molecule has 0 spiro atoms. The predicted octanol–water partition coefficient (Wildman–Crippen LogP) is 15.3. The van der Waals surface area contributed by atoms with Crippen molar-refractivity contribution in [3.63, 3.8) is 0 Å². The van der Waals surface area contributed by atoms with E-state index in [9.17, 15) is 65.8 Å². The molecule has 2 aliphatic carbocycles. The minimum Gasteiger partial charge on any atom is -0.508 e. The van der Waals surface area contributed by atoms with Crippen molar-refractivity contribution in [3.05, 3.63) is 228 Å². The molecule has 6 aromatic rings. The van der Waals surface area contributed by atoms with Crippen molar-refractivity contribution >= 4 is 63.9 Å². The lowest BCUT2D eigenvalue weighted by molar-refractivity contribution is -0.143. The summed E-state index contributed by atoms with van der Waals surface area (Å²) in [5.41, 5.74) is 3.46. The molecule has 0 radical (unpaired) electrons. The standard InChI is InChI=1S/C17H13FO4.2C11H11FO3.C8H7FO.C7H7.C6H4O2.C5H10O3.3CH4/c1-2-21-17(20)15-13-9-12(19)7-8-14(13)22-16(15)10-3-5-11(18)6-4-10;2*1-2-15-11(14)7-10(13)8-3-5-9(12)6-4-8;1-6(10)7-2-4-8(9)5-3-7;1-7-5-3-2-4-6-7;7-5-1-2-6(8)4-3-5;1-3-7-5(6)8-4-2;;;/h3-9,19H,2H2,1H3;2*3-6H,2,7H2,1H3;2-5H,1H3;2-6H,1H2;1-4H;3-4H2,1-2H3;3*1H4/q;;;;-1;;;;;. The van der Waals surface area contributed by atoms with E-state index >= 15 is 0 Å². The molecular formula is C68H75F4O16-. The van der Waals surface area contributed by atoms with Crippen LogP contribution in [0.1, 0.15) is 118 Å². The number of rotatable bonds is 14. The van der Waals surface area contributed by atoms with Crippen LogP contribution in [-0.2, 0) is 42.9 Å². The Kier molecular flexibility index (Phi) is 40.2. The number of Topliss-reactive ketones (excluding diaryl/α,β-unsaturated/α-hetero) is 3. The first-order chi connectivity index (χ1) is 40.5. The molecule has 0 aliphatic heterocycles. The summed E-state index contributed by atoms with van der Waals surface area (Å²) in [7, 11) is 0. The zero-order chi connectivity index (χ0) is 63.3. The van der Waals surface area contributed by atoms with E-state index in [0.29, 0.717) is 52.2 Å². The van der Waals surface area contributed by atoms with E-state index in [1.807, 2.05) is 30.7 Å². The van der Waals surface area contributed by atoms with Gasteiger partial charge in [-0.1, -0.05) is 22.3 Å². The highest BCUT2D eigenvalue weighted by molar-refractivity contribution is 6.14. The molecule has 1 heterocycles. The van der Waals surface area contributed by atoms with Gasteiger partial charge in [0.25, 0.3) is 0 Å². The number of ketones is 5. The van der Waals surface area contributed by atoms with Crippen molar-refractivity contribution in [3.8, 4) is 17.1 Å². The molecule has 16 nitrogen and oxygen atoms in total. The van der Waals surface area contributed by atoms with E-state index < -0.39 is 35.7 Å². The summed E-state index contributed by atoms with van der Waals surface area (Å²) in [4.78, 5) is 98.4. The fraction of sp³-hybridized carbons (Fsp3) is 0.235. The first-order valence-corrected chi connectivity index (χ1v) is 26.0. The number of esters is 3. The smallest absolute Gasteiger partial charge is 0.508 e. The summed E-state index contributed by atoms with van der Waals surface area (Å²) >= 11 is 0. The second-order valence-electron chi connectivity index (χ2n) is 16.7. The molecule has 1 aromatic heterocycles. The van der Waals surface area contributed by atoms with Gasteiger partial charge in [-0.25, -0.2) is 27.2 Å². The van der Waals surface area contributed by atoms with Crippen molar-refractivity contribution in [2.45, 2.75) is 76.7 Å². The third kappa shape index (κ3) is 31.6. The van der Waals surface area contributed by atoms with Crippen LogP contribution in [0.15, 0.2) is 180 Å². The molecule has 472 valence electrons. The van der Waals surface area contributed by atoms with Crippen molar-refractivity contribution in [2.24, 2.45) is 0 Å². The second-order valence-corrected chi connectivity index (χ2v) is 16.7. The molecule has 0 amide bonds. The van der Waals surface area contributed by atoms with Crippen LogP contribution in [0.25, 0.3) is 22.3 Å². The number of ether oxygens (including phenoxy) is 5. The molecular weight excluding hydrogens is 1150 g/mol. The molecule has 0 unspecified atom stereocenters. The first-order valence-electron chi connectivity index (χ1n) is 26.0. The van der Waals surface area contributed by atoms with Gasteiger partial charge in [-0.05, 0) is 181 Å². The Bertz CT molecular complexity index is 3200. The summed E-state index contributed by atoms with van der Waals surface area (Å²) in [6.45, 7) is 15.1. The monoisotopic (exact) mass is 1220 g/mol. The van der Waals surface area contributed by atoms with Crippen LogP contribution < -0.4 is 0 Å². The van der Waals surface area contributed by atoms with Crippen LogP contribution in [-0.4, -0.2) is 91.1 Å². The summed E-state index contributed by atoms with van der Waals surface area (Å²) in [6, 6.07) is 25.7. The molecule has 8 rings (SSSR count). The molecule has 0 atom stereocenters. The number of allylic oxidation sites excluding steroid dienone is 9. The van der Waals surface area contributed by atoms with Crippen molar-refractivity contribution in [1.29, 1.82) is 0 Å². The fourth-order valence-electron chi connectivity index (χ4n) is 6.34. The number of aromatic hydroxyl groups is 1.